The summed E-state index contributed by atoms with van der Waals surface area (Å²) in [5.74, 6) is -0.0777. The number of rotatable bonds is 7. The second kappa shape index (κ2) is 8.89. The number of nitrogens with one attached hydrogen (secondary N) is 1. The molecule has 1 unspecified atom stereocenters. The fourth-order valence-corrected chi connectivity index (χ4v) is 4.41. The van der Waals surface area contributed by atoms with Crippen LogP contribution in [-0.4, -0.2) is 30.9 Å². The zero-order chi connectivity index (χ0) is 22.0. The molecule has 0 spiro atoms. The Labute approximate surface area is 185 Å². The molecule has 6 nitrogen and oxygen atoms in total. The number of allylic oxidation sites excluding steroid dienone is 1. The highest BCUT2D eigenvalue weighted by atomic mass is 32.2. The minimum Gasteiger partial charge on any atom is -0.325 e. The van der Waals surface area contributed by atoms with Gasteiger partial charge in [-0.2, -0.15) is 0 Å². The van der Waals surface area contributed by atoms with Crippen molar-refractivity contribution in [3.8, 4) is 0 Å². The van der Waals surface area contributed by atoms with Crippen molar-refractivity contribution < 1.29 is 4.79 Å². The molecule has 0 bridgehead atoms. The van der Waals surface area contributed by atoms with E-state index < -0.39 is 0 Å². The smallest absolute Gasteiger partial charge is 0.237 e. The van der Waals surface area contributed by atoms with E-state index in [4.69, 9.17) is 4.98 Å². The summed E-state index contributed by atoms with van der Waals surface area (Å²) in [6.07, 6.45) is 0.648. The van der Waals surface area contributed by atoms with Crippen LogP contribution in [0.2, 0.25) is 0 Å². The van der Waals surface area contributed by atoms with Gasteiger partial charge in [-0.05, 0) is 44.0 Å². The highest BCUT2D eigenvalue weighted by Gasteiger charge is 2.21. The number of para-hydroxylation sites is 1. The maximum atomic E-state index is 12.9. The molecule has 1 atom stereocenters. The zero-order valence-electron chi connectivity index (χ0n) is 17.9. The van der Waals surface area contributed by atoms with Crippen LogP contribution in [0.15, 0.2) is 60.3 Å². The summed E-state index contributed by atoms with van der Waals surface area (Å²) in [5.41, 5.74) is 5.39. The van der Waals surface area contributed by atoms with E-state index in [0.717, 1.165) is 45.4 Å². The van der Waals surface area contributed by atoms with Gasteiger partial charge >= 0.3 is 0 Å². The Balaban J connectivity index is 1.59. The molecule has 0 radical (unpaired) electrons. The number of hydrogen-bond donors (Lipinski definition) is 1. The van der Waals surface area contributed by atoms with Crippen LogP contribution in [0.5, 0.6) is 0 Å². The van der Waals surface area contributed by atoms with Crippen LogP contribution in [0.4, 0.5) is 5.69 Å². The van der Waals surface area contributed by atoms with E-state index in [1.54, 1.807) is 0 Å². The average molecular weight is 432 g/mol. The largest absolute Gasteiger partial charge is 0.325 e. The fraction of sp³-hybridized carbons (Fsp3) is 0.250. The van der Waals surface area contributed by atoms with Gasteiger partial charge in [0, 0.05) is 17.6 Å². The number of nitrogens with zero attached hydrogens (tertiary/aromatic N) is 4. The minimum atomic E-state index is -0.327. The highest BCUT2D eigenvalue weighted by molar-refractivity contribution is 8.00. The van der Waals surface area contributed by atoms with Crippen molar-refractivity contribution in [3.63, 3.8) is 0 Å². The first kappa shape index (κ1) is 21.1. The first-order valence-corrected chi connectivity index (χ1v) is 11.2. The number of carbonyl (C=O) groups is 1. The molecule has 1 amide bonds. The second-order valence-corrected chi connectivity index (χ2v) is 8.56. The lowest BCUT2D eigenvalue weighted by Crippen LogP contribution is -2.25. The molecule has 2 aromatic carbocycles. The number of anilines is 1. The van der Waals surface area contributed by atoms with E-state index >= 15 is 0 Å². The third kappa shape index (κ3) is 4.18. The Kier molecular flexibility index (Phi) is 6.04. The monoisotopic (exact) mass is 431 g/mol. The van der Waals surface area contributed by atoms with Gasteiger partial charge in [-0.15, -0.1) is 10.2 Å². The van der Waals surface area contributed by atoms with Crippen molar-refractivity contribution in [2.75, 3.05) is 5.32 Å². The van der Waals surface area contributed by atoms with Gasteiger partial charge in [0.05, 0.1) is 10.8 Å². The normalized spacial score (nSPS) is 12.2. The van der Waals surface area contributed by atoms with Crippen molar-refractivity contribution >= 4 is 51.0 Å². The number of thioether (sulfide) groups is 1. The molecule has 158 valence electrons. The molecule has 2 heterocycles. The number of amides is 1. The van der Waals surface area contributed by atoms with E-state index in [-0.39, 0.29) is 11.2 Å². The summed E-state index contributed by atoms with van der Waals surface area (Å²) in [7, 11) is 0. The van der Waals surface area contributed by atoms with E-state index in [9.17, 15) is 4.79 Å². The predicted octanol–water partition coefficient (Wildman–Crippen LogP) is 5.54. The lowest BCUT2D eigenvalue weighted by atomic mass is 10.1. The van der Waals surface area contributed by atoms with Crippen LogP contribution in [0.25, 0.3) is 27.6 Å². The summed E-state index contributed by atoms with van der Waals surface area (Å²) in [5, 5.41) is 13.0. The van der Waals surface area contributed by atoms with Gasteiger partial charge < -0.3 is 9.88 Å². The highest BCUT2D eigenvalue weighted by Crippen LogP contribution is 2.29. The predicted molar refractivity (Wildman–Crippen MR) is 128 cm³/mol. The second-order valence-electron chi connectivity index (χ2n) is 7.39. The van der Waals surface area contributed by atoms with Crippen LogP contribution < -0.4 is 5.32 Å². The molecule has 1 N–H and O–H groups in total. The van der Waals surface area contributed by atoms with E-state index in [2.05, 4.69) is 39.7 Å². The molecule has 2 aromatic heterocycles. The Bertz CT molecular complexity index is 1280. The molecule has 4 rings (SSSR count). The summed E-state index contributed by atoms with van der Waals surface area (Å²) >= 11 is 1.34. The summed E-state index contributed by atoms with van der Waals surface area (Å²) in [6.45, 7) is 10.8. The fourth-order valence-electron chi connectivity index (χ4n) is 3.59. The molecule has 0 aliphatic carbocycles. The lowest BCUT2D eigenvalue weighted by Gasteiger charge is -2.14. The molecule has 4 aromatic rings. The average Bonchev–Trinajstić information content (AvgIpc) is 3.10. The van der Waals surface area contributed by atoms with Crippen LogP contribution in [0.3, 0.4) is 0 Å². The molecule has 31 heavy (non-hydrogen) atoms. The minimum absolute atomic E-state index is 0.0777. The number of fused-ring (bicyclic) bond motifs is 3. The quantitative estimate of drug-likeness (QED) is 0.389. The molecular formula is C24H25N5OS. The first-order valence-electron chi connectivity index (χ1n) is 10.4. The SMILES string of the molecule is C=C(C)c1cccc(NC(=O)C(CC)Sc2nnc3c4ccccc4n(CC)c3n2)c1. The van der Waals surface area contributed by atoms with Crippen LogP contribution in [-0.2, 0) is 11.3 Å². The molecule has 0 aliphatic rings. The maximum absolute atomic E-state index is 12.9. The van der Waals surface area contributed by atoms with Gasteiger partial charge in [-0.3, -0.25) is 4.79 Å². The summed E-state index contributed by atoms with van der Waals surface area (Å²) in [4.78, 5) is 17.7. The standard InChI is InChI=1S/C24H25N5OS/c1-5-20(23(30)25-17-11-9-10-16(14-17)15(3)4)31-24-26-22-21(27-28-24)18-12-7-8-13-19(18)29(22)6-2/h7-14,20H,3,5-6H2,1-2,4H3,(H,25,30). The van der Waals surface area contributed by atoms with E-state index in [0.29, 0.717) is 11.6 Å². The number of carbonyl (C=O) groups excluding carboxylic acids is 1. The van der Waals surface area contributed by atoms with E-state index in [1.165, 1.54) is 11.8 Å². The van der Waals surface area contributed by atoms with Crippen LogP contribution >= 0.6 is 11.8 Å². The lowest BCUT2D eigenvalue weighted by molar-refractivity contribution is -0.115. The van der Waals surface area contributed by atoms with Crippen LogP contribution in [0.1, 0.15) is 32.8 Å². The summed E-state index contributed by atoms with van der Waals surface area (Å²) < 4.78 is 2.13. The topological polar surface area (TPSA) is 72.7 Å². The van der Waals surface area contributed by atoms with Gasteiger partial charge in [0.1, 0.15) is 5.52 Å². The zero-order valence-corrected chi connectivity index (χ0v) is 18.7. The van der Waals surface area contributed by atoms with Crippen LogP contribution in [0, 0.1) is 0 Å². The maximum Gasteiger partial charge on any atom is 0.237 e. The van der Waals surface area contributed by atoms with Gasteiger partial charge in [0.15, 0.2) is 5.65 Å². The van der Waals surface area contributed by atoms with Gasteiger partial charge in [0.25, 0.3) is 0 Å². The third-order valence-electron chi connectivity index (χ3n) is 5.20. The molecule has 0 saturated heterocycles. The molecule has 0 saturated carbocycles. The van der Waals surface area contributed by atoms with Crippen molar-refractivity contribution in [1.82, 2.24) is 19.7 Å². The number of benzene rings is 2. The first-order chi connectivity index (χ1) is 15.0. The third-order valence-corrected chi connectivity index (χ3v) is 6.42. The number of aryl methyl sites for hydroxylation is 1. The van der Waals surface area contributed by atoms with Gasteiger partial charge in [0.2, 0.25) is 11.1 Å². The molecule has 0 aliphatic heterocycles. The number of aromatic nitrogens is 4. The van der Waals surface area contributed by atoms with Gasteiger partial charge in [-0.1, -0.05) is 61.2 Å². The Morgan fingerprint density at radius 3 is 2.71 bits per heavy atom. The number of hydrogen-bond acceptors (Lipinski definition) is 5. The van der Waals surface area contributed by atoms with Crippen molar-refractivity contribution in [2.24, 2.45) is 0 Å². The van der Waals surface area contributed by atoms with E-state index in [1.807, 2.05) is 56.3 Å². The molecular weight excluding hydrogens is 406 g/mol. The summed E-state index contributed by atoms with van der Waals surface area (Å²) in [6, 6.07) is 15.8. The van der Waals surface area contributed by atoms with Gasteiger partial charge in [-0.25, -0.2) is 4.98 Å². The molecule has 7 heteroatoms. The Morgan fingerprint density at radius 1 is 1.16 bits per heavy atom. The Hall–Kier alpha value is -3.19. The van der Waals surface area contributed by atoms with Crippen molar-refractivity contribution in [3.05, 3.63) is 60.7 Å². The molecule has 0 fully saturated rings. The van der Waals surface area contributed by atoms with Crippen molar-refractivity contribution in [2.45, 2.75) is 44.1 Å². The Morgan fingerprint density at radius 2 is 1.97 bits per heavy atom. The van der Waals surface area contributed by atoms with Crippen molar-refractivity contribution in [1.29, 1.82) is 0 Å².